The zero-order valence-electron chi connectivity index (χ0n) is 16.7. The molecule has 0 bridgehead atoms. The average Bonchev–Trinajstić information content (AvgIpc) is 2.67. The molecule has 1 aliphatic heterocycles. The van der Waals surface area contributed by atoms with E-state index in [-0.39, 0.29) is 30.1 Å². The third kappa shape index (κ3) is 5.13. The van der Waals surface area contributed by atoms with Crippen molar-refractivity contribution in [3.63, 3.8) is 0 Å². The number of carbonyl (C=O) groups excluding carboxylic acids is 3. The van der Waals surface area contributed by atoms with Crippen LogP contribution < -0.4 is 20.7 Å². The molecule has 2 aromatic rings. The molecule has 0 unspecified atom stereocenters. The van der Waals surface area contributed by atoms with Gasteiger partial charge in [-0.1, -0.05) is 44.2 Å². The minimum absolute atomic E-state index is 0.101. The van der Waals surface area contributed by atoms with E-state index in [1.807, 2.05) is 44.2 Å². The zero-order valence-corrected chi connectivity index (χ0v) is 16.7. The summed E-state index contributed by atoms with van der Waals surface area (Å²) in [5.41, 5.74) is 1.89. The monoisotopic (exact) mass is 395 g/mol. The quantitative estimate of drug-likeness (QED) is 0.701. The van der Waals surface area contributed by atoms with Crippen LogP contribution in [0.5, 0.6) is 5.75 Å². The molecule has 0 radical (unpaired) electrons. The maximum atomic E-state index is 12.8. The van der Waals surface area contributed by atoms with Gasteiger partial charge in [-0.25, -0.2) is 0 Å². The van der Waals surface area contributed by atoms with Crippen molar-refractivity contribution in [1.29, 1.82) is 0 Å². The number of hydrogen-bond donors (Lipinski definition) is 3. The topological polar surface area (TPSA) is 96.5 Å². The van der Waals surface area contributed by atoms with Crippen LogP contribution in [0.2, 0.25) is 0 Å². The second-order valence-electron chi connectivity index (χ2n) is 7.40. The number of amides is 3. The fourth-order valence-electron chi connectivity index (χ4n) is 3.05. The van der Waals surface area contributed by atoms with Gasteiger partial charge in [0.15, 0.2) is 6.10 Å². The van der Waals surface area contributed by atoms with Crippen LogP contribution in [0.25, 0.3) is 0 Å². The van der Waals surface area contributed by atoms with Crippen molar-refractivity contribution in [2.45, 2.75) is 39.3 Å². The van der Waals surface area contributed by atoms with E-state index in [1.165, 1.54) is 0 Å². The van der Waals surface area contributed by atoms with Gasteiger partial charge in [0.25, 0.3) is 5.91 Å². The number of hydrogen-bond acceptors (Lipinski definition) is 4. The van der Waals surface area contributed by atoms with E-state index in [0.717, 1.165) is 5.56 Å². The lowest BCUT2D eigenvalue weighted by molar-refractivity contribution is -0.127. The highest BCUT2D eigenvalue weighted by atomic mass is 16.5. The highest BCUT2D eigenvalue weighted by Crippen LogP contribution is 2.32. The van der Waals surface area contributed by atoms with Crippen molar-refractivity contribution < 1.29 is 19.1 Å². The summed E-state index contributed by atoms with van der Waals surface area (Å²) in [6.07, 6.45) is -0.356. The molecule has 2 atom stereocenters. The number of nitrogens with one attached hydrogen (secondary N) is 3. The molecule has 3 amide bonds. The summed E-state index contributed by atoms with van der Waals surface area (Å²) in [6.45, 7) is 5.41. The molecule has 1 heterocycles. The Morgan fingerprint density at radius 1 is 1.14 bits per heavy atom. The number of anilines is 2. The first kappa shape index (κ1) is 20.4. The number of fused-ring (bicyclic) bond motifs is 1. The Morgan fingerprint density at radius 3 is 2.55 bits per heavy atom. The van der Waals surface area contributed by atoms with Gasteiger partial charge in [-0.15, -0.1) is 0 Å². The molecule has 1 aliphatic rings. The molecule has 29 heavy (non-hydrogen) atoms. The third-order valence-corrected chi connectivity index (χ3v) is 4.65. The Bertz CT molecular complexity index is 912. The first-order valence-electron chi connectivity index (χ1n) is 9.59. The number of ether oxygens (including phenoxy) is 1. The summed E-state index contributed by atoms with van der Waals surface area (Å²) >= 11 is 0. The van der Waals surface area contributed by atoms with Gasteiger partial charge in [-0.05, 0) is 36.6 Å². The summed E-state index contributed by atoms with van der Waals surface area (Å²) in [5, 5.41) is 8.37. The molecular formula is C22H25N3O4. The Morgan fingerprint density at radius 2 is 1.86 bits per heavy atom. The van der Waals surface area contributed by atoms with Crippen LogP contribution in [-0.4, -0.2) is 29.9 Å². The van der Waals surface area contributed by atoms with E-state index in [9.17, 15) is 14.4 Å². The van der Waals surface area contributed by atoms with Crippen LogP contribution in [0.15, 0.2) is 48.5 Å². The molecule has 2 aromatic carbocycles. The second-order valence-corrected chi connectivity index (χ2v) is 7.40. The van der Waals surface area contributed by atoms with Gasteiger partial charge < -0.3 is 20.7 Å². The van der Waals surface area contributed by atoms with Gasteiger partial charge >= 0.3 is 0 Å². The highest BCUT2D eigenvalue weighted by molar-refractivity contribution is 6.00. The normalized spacial score (nSPS) is 16.3. The maximum absolute atomic E-state index is 12.8. The molecule has 0 fully saturated rings. The molecule has 3 N–H and O–H groups in total. The maximum Gasteiger partial charge on any atom is 0.265 e. The van der Waals surface area contributed by atoms with E-state index >= 15 is 0 Å². The van der Waals surface area contributed by atoms with Crippen molar-refractivity contribution in [3.05, 3.63) is 54.1 Å². The fraction of sp³-hybridized carbons (Fsp3) is 0.318. The number of benzene rings is 2. The summed E-state index contributed by atoms with van der Waals surface area (Å²) in [5.74, 6) is -0.333. The van der Waals surface area contributed by atoms with Gasteiger partial charge in [-0.2, -0.15) is 0 Å². The minimum Gasteiger partial charge on any atom is -0.479 e. The lowest BCUT2D eigenvalue weighted by Gasteiger charge is -2.25. The predicted octanol–water partition coefficient (Wildman–Crippen LogP) is 2.73. The van der Waals surface area contributed by atoms with E-state index in [0.29, 0.717) is 17.1 Å². The lowest BCUT2D eigenvalue weighted by Crippen LogP contribution is -2.47. The van der Waals surface area contributed by atoms with E-state index in [2.05, 4.69) is 16.0 Å². The Kier molecular flexibility index (Phi) is 6.16. The summed E-state index contributed by atoms with van der Waals surface area (Å²) in [4.78, 5) is 37.0. The molecule has 0 saturated carbocycles. The van der Waals surface area contributed by atoms with Crippen molar-refractivity contribution in [2.75, 3.05) is 10.6 Å². The van der Waals surface area contributed by atoms with Crippen molar-refractivity contribution in [1.82, 2.24) is 5.32 Å². The summed E-state index contributed by atoms with van der Waals surface area (Å²) in [6, 6.07) is 13.7. The predicted molar refractivity (Wildman–Crippen MR) is 111 cm³/mol. The van der Waals surface area contributed by atoms with Gasteiger partial charge in [0, 0.05) is 5.69 Å². The van der Waals surface area contributed by atoms with Gasteiger partial charge in [0.05, 0.1) is 12.1 Å². The minimum atomic E-state index is -0.687. The van der Waals surface area contributed by atoms with E-state index in [4.69, 9.17) is 4.74 Å². The Hall–Kier alpha value is -3.35. The van der Waals surface area contributed by atoms with Crippen LogP contribution in [0.3, 0.4) is 0 Å². The van der Waals surface area contributed by atoms with Crippen molar-refractivity contribution in [2.24, 2.45) is 5.92 Å². The van der Waals surface area contributed by atoms with Crippen LogP contribution >= 0.6 is 0 Å². The van der Waals surface area contributed by atoms with Gasteiger partial charge in [0.1, 0.15) is 11.8 Å². The fourth-order valence-corrected chi connectivity index (χ4v) is 3.05. The zero-order chi connectivity index (χ0) is 21.0. The summed E-state index contributed by atoms with van der Waals surface area (Å²) < 4.78 is 5.52. The first-order chi connectivity index (χ1) is 13.8. The standard InChI is InChI=1S/C22H25N3O4/c1-13(2)20(25-19(26)11-15-7-5-4-6-8-15)22(28)23-16-9-10-18-17(12-16)24-21(27)14(3)29-18/h4-10,12-14,20H,11H2,1-3H3,(H,23,28)(H,24,27)(H,25,26)/t14-,20+/m1/s1. The lowest BCUT2D eigenvalue weighted by atomic mass is 10.0. The number of rotatable bonds is 6. The average molecular weight is 395 g/mol. The Balaban J connectivity index is 1.66. The molecule has 0 aromatic heterocycles. The second kappa shape index (κ2) is 8.77. The molecule has 152 valence electrons. The van der Waals surface area contributed by atoms with Gasteiger partial charge in [-0.3, -0.25) is 14.4 Å². The van der Waals surface area contributed by atoms with E-state index < -0.39 is 12.1 Å². The van der Waals surface area contributed by atoms with Crippen LogP contribution in [0.4, 0.5) is 11.4 Å². The third-order valence-electron chi connectivity index (χ3n) is 4.65. The van der Waals surface area contributed by atoms with Crippen LogP contribution in [0.1, 0.15) is 26.3 Å². The van der Waals surface area contributed by atoms with Gasteiger partial charge in [0.2, 0.25) is 11.8 Å². The van der Waals surface area contributed by atoms with Crippen LogP contribution in [-0.2, 0) is 20.8 Å². The number of carbonyl (C=O) groups is 3. The SMILES string of the molecule is CC(C)[C@H](NC(=O)Cc1ccccc1)C(=O)Nc1ccc2c(c1)NC(=O)[C@@H](C)O2. The van der Waals surface area contributed by atoms with E-state index in [1.54, 1.807) is 25.1 Å². The van der Waals surface area contributed by atoms with Crippen molar-refractivity contribution in [3.8, 4) is 5.75 Å². The molecule has 0 aliphatic carbocycles. The highest BCUT2D eigenvalue weighted by Gasteiger charge is 2.26. The van der Waals surface area contributed by atoms with Crippen LogP contribution in [0, 0.1) is 5.92 Å². The first-order valence-corrected chi connectivity index (χ1v) is 9.59. The molecule has 7 heteroatoms. The molecule has 7 nitrogen and oxygen atoms in total. The Labute approximate surface area is 169 Å². The molecule has 3 rings (SSSR count). The van der Waals surface area contributed by atoms with Crippen molar-refractivity contribution >= 4 is 29.1 Å². The molecule has 0 spiro atoms. The smallest absolute Gasteiger partial charge is 0.265 e. The largest absolute Gasteiger partial charge is 0.479 e. The molecule has 0 saturated heterocycles. The summed E-state index contributed by atoms with van der Waals surface area (Å²) in [7, 11) is 0. The molecular weight excluding hydrogens is 370 g/mol.